The number of aliphatic imine (C=N–C) groups is 3. The SMILES string of the molecule is CC(C)(C)c1cc(C=NCCC[Si](O)(O)O)c(O)c(C=N[C@H](c2ccccc2)[C@@H](N=Cc2cc(C(C)(C)C)cc(C(C)(C)C)c2O)c2ccccc2)c1. The molecule has 53 heavy (non-hydrogen) atoms. The average molecular weight is 736 g/mol. The molecule has 0 unspecified atom stereocenters. The van der Waals surface area contributed by atoms with Gasteiger partial charge in [0.2, 0.25) is 0 Å². The lowest BCUT2D eigenvalue weighted by molar-refractivity contribution is 0.227. The Morgan fingerprint density at radius 2 is 0.981 bits per heavy atom. The third-order valence-electron chi connectivity index (χ3n) is 9.21. The molecular weight excluding hydrogens is 679 g/mol. The summed E-state index contributed by atoms with van der Waals surface area (Å²) in [5.41, 5.74) is 5.81. The third kappa shape index (κ3) is 11.5. The van der Waals surface area contributed by atoms with Crippen molar-refractivity contribution >= 4 is 27.4 Å². The Morgan fingerprint density at radius 1 is 0.566 bits per heavy atom. The Bertz CT molecular complexity index is 1910. The lowest BCUT2D eigenvalue weighted by atomic mass is 9.79. The summed E-state index contributed by atoms with van der Waals surface area (Å²) in [6.45, 7) is 19.3. The minimum Gasteiger partial charge on any atom is -0.507 e. The molecule has 0 aliphatic rings. The highest BCUT2D eigenvalue weighted by Crippen LogP contribution is 2.40. The Hall–Kier alpha value is -4.41. The molecule has 0 aliphatic carbocycles. The topological polar surface area (TPSA) is 138 Å². The van der Waals surface area contributed by atoms with Gasteiger partial charge in [-0.3, -0.25) is 15.0 Å². The summed E-state index contributed by atoms with van der Waals surface area (Å²) in [5, 5.41) is 23.1. The van der Waals surface area contributed by atoms with E-state index in [2.05, 4.69) is 73.4 Å². The van der Waals surface area contributed by atoms with E-state index in [4.69, 9.17) is 9.98 Å². The summed E-state index contributed by atoms with van der Waals surface area (Å²) < 4.78 is 0. The van der Waals surface area contributed by atoms with Crippen LogP contribution in [0.25, 0.3) is 0 Å². The number of aromatic hydroxyl groups is 2. The molecule has 0 saturated heterocycles. The van der Waals surface area contributed by atoms with Crippen molar-refractivity contribution < 1.29 is 24.6 Å². The van der Waals surface area contributed by atoms with Crippen molar-refractivity contribution in [1.29, 1.82) is 0 Å². The van der Waals surface area contributed by atoms with E-state index in [0.717, 1.165) is 27.8 Å². The van der Waals surface area contributed by atoms with Gasteiger partial charge in [-0.1, -0.05) is 129 Å². The van der Waals surface area contributed by atoms with E-state index in [1.807, 2.05) is 78.9 Å². The number of nitrogens with zero attached hydrogens (tertiary/aromatic N) is 3. The van der Waals surface area contributed by atoms with Gasteiger partial charge in [0, 0.05) is 53.5 Å². The summed E-state index contributed by atoms with van der Waals surface area (Å²) in [5.74, 6) is 0.232. The van der Waals surface area contributed by atoms with Crippen LogP contribution in [0.4, 0.5) is 0 Å². The van der Waals surface area contributed by atoms with Crippen LogP contribution in [0.15, 0.2) is 99.9 Å². The molecule has 5 N–H and O–H groups in total. The summed E-state index contributed by atoms with van der Waals surface area (Å²) in [6.07, 6.45) is 5.35. The van der Waals surface area contributed by atoms with Crippen molar-refractivity contribution in [2.75, 3.05) is 6.54 Å². The molecular formula is C44H57N3O5Si. The zero-order chi connectivity index (χ0) is 39.2. The van der Waals surface area contributed by atoms with E-state index in [0.29, 0.717) is 23.1 Å². The first-order valence-corrected chi connectivity index (χ1v) is 20.3. The van der Waals surface area contributed by atoms with Crippen molar-refractivity contribution in [2.45, 2.75) is 103 Å². The molecule has 0 heterocycles. The molecule has 0 radical (unpaired) electrons. The van der Waals surface area contributed by atoms with Crippen LogP contribution in [0.2, 0.25) is 6.04 Å². The fourth-order valence-electron chi connectivity index (χ4n) is 5.96. The molecule has 0 bridgehead atoms. The highest BCUT2D eigenvalue weighted by atomic mass is 28.4. The lowest BCUT2D eigenvalue weighted by Gasteiger charge is -2.27. The van der Waals surface area contributed by atoms with Crippen molar-refractivity contribution in [2.24, 2.45) is 15.0 Å². The first-order valence-electron chi connectivity index (χ1n) is 18.2. The van der Waals surface area contributed by atoms with Crippen LogP contribution in [0.5, 0.6) is 11.5 Å². The predicted octanol–water partition coefficient (Wildman–Crippen LogP) is 8.74. The normalized spacial score (nSPS) is 14.4. The van der Waals surface area contributed by atoms with Crippen molar-refractivity contribution in [1.82, 2.24) is 0 Å². The minimum atomic E-state index is -4.14. The van der Waals surface area contributed by atoms with Gasteiger partial charge >= 0.3 is 8.80 Å². The van der Waals surface area contributed by atoms with Gasteiger partial charge in [-0.2, -0.15) is 0 Å². The molecule has 0 fully saturated rings. The van der Waals surface area contributed by atoms with Gasteiger partial charge in [0.25, 0.3) is 0 Å². The van der Waals surface area contributed by atoms with Crippen LogP contribution >= 0.6 is 0 Å². The molecule has 2 atom stereocenters. The summed E-state index contributed by atoms with van der Waals surface area (Å²) in [7, 11) is -4.14. The van der Waals surface area contributed by atoms with Crippen LogP contribution < -0.4 is 0 Å². The van der Waals surface area contributed by atoms with Gasteiger partial charge in [-0.15, -0.1) is 0 Å². The van der Waals surface area contributed by atoms with E-state index in [1.165, 1.54) is 0 Å². The fraction of sp³-hybridized carbons (Fsp3) is 0.386. The first-order chi connectivity index (χ1) is 24.6. The quantitative estimate of drug-likeness (QED) is 0.0563. The van der Waals surface area contributed by atoms with Gasteiger partial charge in [-0.05, 0) is 63.1 Å². The maximum absolute atomic E-state index is 11.6. The number of benzene rings is 4. The maximum Gasteiger partial charge on any atom is 0.492 e. The molecule has 0 amide bonds. The predicted molar refractivity (Wildman–Crippen MR) is 220 cm³/mol. The molecule has 4 rings (SSSR count). The van der Waals surface area contributed by atoms with Crippen LogP contribution in [0.3, 0.4) is 0 Å². The highest BCUT2D eigenvalue weighted by Gasteiger charge is 2.28. The lowest BCUT2D eigenvalue weighted by Crippen LogP contribution is -2.34. The molecule has 0 spiro atoms. The second-order valence-electron chi connectivity index (χ2n) is 16.9. The van der Waals surface area contributed by atoms with Gasteiger partial charge < -0.3 is 24.6 Å². The van der Waals surface area contributed by atoms with Gasteiger partial charge in [0.1, 0.15) is 23.6 Å². The van der Waals surface area contributed by atoms with Crippen LogP contribution in [0.1, 0.15) is 125 Å². The molecule has 0 aromatic heterocycles. The second-order valence-corrected chi connectivity index (χ2v) is 18.9. The van der Waals surface area contributed by atoms with Crippen LogP contribution in [-0.2, 0) is 16.2 Å². The summed E-state index contributed by atoms with van der Waals surface area (Å²) >= 11 is 0. The first kappa shape index (κ1) is 41.3. The van der Waals surface area contributed by atoms with Crippen molar-refractivity contribution in [3.05, 3.63) is 129 Å². The van der Waals surface area contributed by atoms with Gasteiger partial charge in [0.05, 0.1) is 0 Å². The van der Waals surface area contributed by atoms with Crippen LogP contribution in [-0.4, -0.2) is 58.6 Å². The fourth-order valence-corrected chi connectivity index (χ4v) is 6.59. The minimum absolute atomic E-state index is 0.0193. The van der Waals surface area contributed by atoms with E-state index < -0.39 is 20.9 Å². The number of phenolic OH excluding ortho intramolecular Hbond substituents is 2. The Labute approximate surface area is 316 Å². The Kier molecular flexibility index (Phi) is 13.0. The molecule has 282 valence electrons. The van der Waals surface area contributed by atoms with Crippen molar-refractivity contribution in [3.8, 4) is 11.5 Å². The molecule has 9 heteroatoms. The molecule has 4 aromatic carbocycles. The monoisotopic (exact) mass is 735 g/mol. The zero-order valence-electron chi connectivity index (χ0n) is 32.7. The largest absolute Gasteiger partial charge is 0.507 e. The molecule has 0 saturated carbocycles. The van der Waals surface area contributed by atoms with E-state index in [9.17, 15) is 24.6 Å². The maximum atomic E-state index is 11.6. The Morgan fingerprint density at radius 3 is 1.40 bits per heavy atom. The standard InChI is InChI=1S/C44H57N3O5Si/c1-42(2,3)35-23-32(27-45-21-16-22-53(50,51)52)40(48)33(24-35)28-46-38(30-17-12-10-13-18-30)39(31-19-14-11-15-20-31)47-29-34-25-36(43(4,5)6)26-37(41(34)49)44(7,8)9/h10-15,17-20,23-29,38-39,48-52H,16,21-22H2,1-9H3/t38-,39+/m1/s1. The van der Waals surface area contributed by atoms with Gasteiger partial charge in [-0.25, -0.2) is 0 Å². The average Bonchev–Trinajstić information content (AvgIpc) is 3.06. The molecule has 4 aromatic rings. The molecule has 0 aliphatic heterocycles. The highest BCUT2D eigenvalue weighted by molar-refractivity contribution is 6.56. The zero-order valence-corrected chi connectivity index (χ0v) is 33.7. The second kappa shape index (κ2) is 16.7. The molecule has 8 nitrogen and oxygen atoms in total. The third-order valence-corrected chi connectivity index (χ3v) is 10.2. The van der Waals surface area contributed by atoms with E-state index in [-0.39, 0.29) is 40.3 Å². The number of hydrogen-bond acceptors (Lipinski definition) is 8. The van der Waals surface area contributed by atoms with E-state index >= 15 is 0 Å². The summed E-state index contributed by atoms with van der Waals surface area (Å²) in [6, 6.07) is 26.8. The van der Waals surface area contributed by atoms with Gasteiger partial charge in [0.15, 0.2) is 0 Å². The summed E-state index contributed by atoms with van der Waals surface area (Å²) in [4.78, 5) is 42.8. The van der Waals surface area contributed by atoms with Crippen molar-refractivity contribution in [3.63, 3.8) is 0 Å². The number of hydrogen-bond donors (Lipinski definition) is 5. The number of phenols is 2. The number of rotatable bonds is 12. The Balaban J connectivity index is 1.86. The smallest absolute Gasteiger partial charge is 0.492 e. The van der Waals surface area contributed by atoms with E-state index in [1.54, 1.807) is 18.6 Å². The van der Waals surface area contributed by atoms with Crippen LogP contribution in [0, 0.1) is 0 Å².